The van der Waals surface area contributed by atoms with Crippen molar-refractivity contribution in [2.75, 3.05) is 0 Å². The fourth-order valence-corrected chi connectivity index (χ4v) is 2.25. The topological polar surface area (TPSA) is 44.0 Å². The van der Waals surface area contributed by atoms with E-state index in [1.54, 1.807) is 12.1 Å². The van der Waals surface area contributed by atoms with E-state index in [0.717, 1.165) is 22.3 Å². The first-order valence-corrected chi connectivity index (χ1v) is 6.66. The molecule has 3 aromatic rings. The molecule has 0 aliphatic heterocycles. The summed E-state index contributed by atoms with van der Waals surface area (Å²) in [6.07, 6.45) is 0. The van der Waals surface area contributed by atoms with Gasteiger partial charge in [-0.2, -0.15) is 5.26 Å². The Morgan fingerprint density at radius 1 is 0.571 bits per heavy atom. The second-order valence-corrected chi connectivity index (χ2v) is 4.81. The van der Waals surface area contributed by atoms with Crippen LogP contribution in [0, 0.1) is 11.3 Å². The van der Waals surface area contributed by atoms with Gasteiger partial charge in [-0.25, -0.2) is 0 Å². The third-order valence-electron chi connectivity index (χ3n) is 3.43. The SMILES string of the molecule is N#Cc1ccc(-c2ccc(-c3ccc(O)cc3)cc2)cc1. The highest BCUT2D eigenvalue weighted by Gasteiger charge is 2.01. The van der Waals surface area contributed by atoms with Crippen LogP contribution in [-0.4, -0.2) is 5.11 Å². The van der Waals surface area contributed by atoms with Crippen LogP contribution in [-0.2, 0) is 0 Å². The number of phenols is 1. The zero-order chi connectivity index (χ0) is 14.7. The zero-order valence-electron chi connectivity index (χ0n) is 11.3. The van der Waals surface area contributed by atoms with E-state index in [1.807, 2.05) is 36.4 Å². The smallest absolute Gasteiger partial charge is 0.115 e. The number of nitriles is 1. The Bertz CT molecular complexity index is 779. The van der Waals surface area contributed by atoms with Crippen LogP contribution in [0.3, 0.4) is 0 Å². The molecule has 100 valence electrons. The molecule has 3 rings (SSSR count). The van der Waals surface area contributed by atoms with Crippen LogP contribution in [0.25, 0.3) is 22.3 Å². The lowest BCUT2D eigenvalue weighted by molar-refractivity contribution is 0.475. The molecule has 0 aliphatic carbocycles. The van der Waals surface area contributed by atoms with Gasteiger partial charge in [0.2, 0.25) is 0 Å². The molecule has 0 heterocycles. The second-order valence-electron chi connectivity index (χ2n) is 4.81. The Morgan fingerprint density at radius 3 is 1.29 bits per heavy atom. The van der Waals surface area contributed by atoms with Crippen molar-refractivity contribution in [2.45, 2.75) is 0 Å². The van der Waals surface area contributed by atoms with E-state index in [0.29, 0.717) is 5.56 Å². The van der Waals surface area contributed by atoms with Crippen molar-refractivity contribution in [3.8, 4) is 34.1 Å². The predicted molar refractivity (Wildman–Crippen MR) is 83.7 cm³/mol. The number of rotatable bonds is 2. The zero-order valence-corrected chi connectivity index (χ0v) is 11.3. The number of phenolic OH excluding ortho intramolecular Hbond substituents is 1. The van der Waals surface area contributed by atoms with E-state index in [-0.39, 0.29) is 5.75 Å². The largest absolute Gasteiger partial charge is 0.508 e. The van der Waals surface area contributed by atoms with Gasteiger partial charge in [0.15, 0.2) is 0 Å². The molecule has 0 atom stereocenters. The Balaban J connectivity index is 1.89. The normalized spacial score (nSPS) is 10.0. The molecule has 0 saturated carbocycles. The van der Waals surface area contributed by atoms with Crippen LogP contribution in [0.1, 0.15) is 5.56 Å². The van der Waals surface area contributed by atoms with Gasteiger partial charge in [0.25, 0.3) is 0 Å². The van der Waals surface area contributed by atoms with Crippen LogP contribution in [0.15, 0.2) is 72.8 Å². The minimum atomic E-state index is 0.271. The Kier molecular flexibility index (Phi) is 3.41. The van der Waals surface area contributed by atoms with Crippen molar-refractivity contribution < 1.29 is 5.11 Å². The van der Waals surface area contributed by atoms with Gasteiger partial charge in [-0.1, -0.05) is 48.5 Å². The molecule has 0 aromatic heterocycles. The van der Waals surface area contributed by atoms with Gasteiger partial charge in [0.05, 0.1) is 11.6 Å². The maximum Gasteiger partial charge on any atom is 0.115 e. The molecule has 3 aromatic carbocycles. The summed E-state index contributed by atoms with van der Waals surface area (Å²) >= 11 is 0. The first kappa shape index (κ1) is 13.0. The molecule has 0 unspecified atom stereocenters. The molecule has 0 aliphatic rings. The minimum Gasteiger partial charge on any atom is -0.508 e. The Labute approximate surface area is 123 Å². The maximum atomic E-state index is 9.32. The van der Waals surface area contributed by atoms with Crippen molar-refractivity contribution in [3.63, 3.8) is 0 Å². The Hall–Kier alpha value is -3.05. The lowest BCUT2D eigenvalue weighted by Crippen LogP contribution is -1.81. The van der Waals surface area contributed by atoms with E-state index >= 15 is 0 Å². The van der Waals surface area contributed by atoms with Gasteiger partial charge in [0, 0.05) is 0 Å². The van der Waals surface area contributed by atoms with Crippen LogP contribution in [0.2, 0.25) is 0 Å². The first-order chi connectivity index (χ1) is 10.3. The highest BCUT2D eigenvalue weighted by atomic mass is 16.3. The molecule has 0 spiro atoms. The lowest BCUT2D eigenvalue weighted by Gasteiger charge is -2.05. The highest BCUT2D eigenvalue weighted by Crippen LogP contribution is 2.26. The molecule has 0 amide bonds. The van der Waals surface area contributed by atoms with Gasteiger partial charge in [-0.3, -0.25) is 0 Å². The highest BCUT2D eigenvalue weighted by molar-refractivity contribution is 5.70. The van der Waals surface area contributed by atoms with Gasteiger partial charge in [-0.15, -0.1) is 0 Å². The summed E-state index contributed by atoms with van der Waals surface area (Å²) in [4.78, 5) is 0. The van der Waals surface area contributed by atoms with E-state index in [2.05, 4.69) is 30.3 Å². The summed E-state index contributed by atoms with van der Waals surface area (Å²) in [5.74, 6) is 0.271. The van der Waals surface area contributed by atoms with Crippen molar-refractivity contribution in [1.29, 1.82) is 5.26 Å². The van der Waals surface area contributed by atoms with Crippen LogP contribution >= 0.6 is 0 Å². The summed E-state index contributed by atoms with van der Waals surface area (Å²) in [5.41, 5.74) is 5.04. The third-order valence-corrected chi connectivity index (χ3v) is 3.43. The number of benzene rings is 3. The van der Waals surface area contributed by atoms with Crippen LogP contribution in [0.5, 0.6) is 5.75 Å². The molecular weight excluding hydrogens is 258 g/mol. The third kappa shape index (κ3) is 2.77. The average molecular weight is 271 g/mol. The summed E-state index contributed by atoms with van der Waals surface area (Å²) in [7, 11) is 0. The first-order valence-electron chi connectivity index (χ1n) is 6.66. The number of nitrogens with zero attached hydrogens (tertiary/aromatic N) is 1. The Morgan fingerprint density at radius 2 is 0.905 bits per heavy atom. The van der Waals surface area contributed by atoms with E-state index in [1.165, 1.54) is 0 Å². The second kappa shape index (κ2) is 5.52. The van der Waals surface area contributed by atoms with Gasteiger partial charge in [-0.05, 0) is 46.5 Å². The number of hydrogen-bond acceptors (Lipinski definition) is 2. The summed E-state index contributed by atoms with van der Waals surface area (Å²) < 4.78 is 0. The standard InChI is InChI=1S/C19H13NO/c20-13-14-1-3-15(4-2-14)16-5-7-17(8-6-16)18-9-11-19(21)12-10-18/h1-12,21H. The van der Waals surface area contributed by atoms with Gasteiger partial charge < -0.3 is 5.11 Å². The minimum absolute atomic E-state index is 0.271. The molecule has 21 heavy (non-hydrogen) atoms. The molecule has 0 saturated heterocycles. The monoisotopic (exact) mass is 271 g/mol. The quantitative estimate of drug-likeness (QED) is 0.740. The molecule has 0 fully saturated rings. The summed E-state index contributed by atoms with van der Waals surface area (Å²) in [5, 5.41) is 18.1. The van der Waals surface area contributed by atoms with Crippen molar-refractivity contribution in [2.24, 2.45) is 0 Å². The van der Waals surface area contributed by atoms with Gasteiger partial charge in [0.1, 0.15) is 5.75 Å². The van der Waals surface area contributed by atoms with Crippen molar-refractivity contribution >= 4 is 0 Å². The van der Waals surface area contributed by atoms with Crippen molar-refractivity contribution in [1.82, 2.24) is 0 Å². The van der Waals surface area contributed by atoms with Crippen molar-refractivity contribution in [3.05, 3.63) is 78.4 Å². The van der Waals surface area contributed by atoms with Crippen LogP contribution < -0.4 is 0 Å². The van der Waals surface area contributed by atoms with Crippen LogP contribution in [0.4, 0.5) is 0 Å². The number of aromatic hydroxyl groups is 1. The lowest BCUT2D eigenvalue weighted by atomic mass is 10.00. The molecule has 2 nitrogen and oxygen atoms in total. The molecule has 2 heteroatoms. The fourth-order valence-electron chi connectivity index (χ4n) is 2.25. The molecule has 0 bridgehead atoms. The molecule has 0 radical (unpaired) electrons. The van der Waals surface area contributed by atoms with Gasteiger partial charge >= 0.3 is 0 Å². The summed E-state index contributed by atoms with van der Waals surface area (Å²) in [6.45, 7) is 0. The fraction of sp³-hybridized carbons (Fsp3) is 0. The average Bonchev–Trinajstić information content (AvgIpc) is 2.56. The van der Waals surface area contributed by atoms with E-state index in [9.17, 15) is 5.11 Å². The number of hydrogen-bond donors (Lipinski definition) is 1. The molecular formula is C19H13NO. The predicted octanol–water partition coefficient (Wildman–Crippen LogP) is 4.60. The maximum absolute atomic E-state index is 9.32. The molecule has 1 N–H and O–H groups in total. The van der Waals surface area contributed by atoms with E-state index < -0.39 is 0 Å². The summed E-state index contributed by atoms with van der Waals surface area (Å²) in [6, 6.07) is 25.1. The van der Waals surface area contributed by atoms with E-state index in [4.69, 9.17) is 5.26 Å².